The highest BCUT2D eigenvalue weighted by molar-refractivity contribution is 5.87. The molecule has 0 fully saturated rings. The molecule has 6 nitrogen and oxygen atoms in total. The fourth-order valence-corrected chi connectivity index (χ4v) is 3.91. The number of benzene rings is 2. The van der Waals surface area contributed by atoms with Crippen molar-refractivity contribution in [3.63, 3.8) is 0 Å². The predicted octanol–water partition coefficient (Wildman–Crippen LogP) is 4.79. The van der Waals surface area contributed by atoms with Gasteiger partial charge in [-0.15, -0.1) is 0 Å². The molecule has 6 heteroatoms. The number of nitrogens with one attached hydrogen (secondary N) is 1. The molecule has 1 unspecified atom stereocenters. The smallest absolute Gasteiger partial charge is 0.242 e. The van der Waals surface area contributed by atoms with Crippen molar-refractivity contribution in [1.82, 2.24) is 10.2 Å². The van der Waals surface area contributed by atoms with Gasteiger partial charge >= 0.3 is 0 Å². The first kappa shape index (κ1) is 27.2. The van der Waals surface area contributed by atoms with E-state index in [1.54, 1.807) is 4.90 Å². The highest BCUT2D eigenvalue weighted by Gasteiger charge is 2.27. The van der Waals surface area contributed by atoms with Crippen LogP contribution >= 0.6 is 0 Å². The summed E-state index contributed by atoms with van der Waals surface area (Å²) in [6.07, 6.45) is 3.04. The van der Waals surface area contributed by atoms with Gasteiger partial charge in [0.15, 0.2) is 11.5 Å². The molecule has 2 aromatic rings. The SMILES string of the molecule is CCCNC(=O)C(CC)N(CCc1ccccc1)C(=O)CCc1ccc(OCC)c(OCC)c1. The van der Waals surface area contributed by atoms with Crippen LogP contribution < -0.4 is 14.8 Å². The van der Waals surface area contributed by atoms with E-state index in [1.165, 1.54) is 0 Å². The molecule has 2 rings (SSSR count). The first-order valence-electron chi connectivity index (χ1n) is 12.5. The van der Waals surface area contributed by atoms with Crippen LogP contribution in [0.2, 0.25) is 0 Å². The van der Waals surface area contributed by atoms with Crippen molar-refractivity contribution in [2.75, 3.05) is 26.3 Å². The van der Waals surface area contributed by atoms with E-state index in [0.717, 1.165) is 17.5 Å². The minimum absolute atomic E-state index is 0.0127. The third-order valence-electron chi connectivity index (χ3n) is 5.65. The van der Waals surface area contributed by atoms with Gasteiger partial charge in [-0.25, -0.2) is 0 Å². The Kier molecular flexibility index (Phi) is 12.0. The Labute approximate surface area is 204 Å². The lowest BCUT2D eigenvalue weighted by molar-refractivity contribution is -0.140. The second-order valence-electron chi connectivity index (χ2n) is 8.18. The first-order valence-corrected chi connectivity index (χ1v) is 12.5. The van der Waals surface area contributed by atoms with Crippen molar-refractivity contribution >= 4 is 11.8 Å². The second-order valence-corrected chi connectivity index (χ2v) is 8.18. The number of ether oxygens (including phenoxy) is 2. The van der Waals surface area contributed by atoms with E-state index in [1.807, 2.05) is 64.1 Å². The van der Waals surface area contributed by atoms with Crippen LogP contribution in [0.15, 0.2) is 48.5 Å². The van der Waals surface area contributed by atoms with Gasteiger partial charge in [0.1, 0.15) is 6.04 Å². The normalized spacial score (nSPS) is 11.5. The zero-order valence-corrected chi connectivity index (χ0v) is 21.1. The number of carbonyl (C=O) groups excluding carboxylic acids is 2. The largest absolute Gasteiger partial charge is 0.490 e. The first-order chi connectivity index (χ1) is 16.5. The van der Waals surface area contributed by atoms with Gasteiger partial charge in [0.25, 0.3) is 0 Å². The van der Waals surface area contributed by atoms with Gasteiger partial charge in [-0.05, 0) is 62.8 Å². The predicted molar refractivity (Wildman–Crippen MR) is 136 cm³/mol. The molecule has 0 heterocycles. The van der Waals surface area contributed by atoms with E-state index in [4.69, 9.17) is 9.47 Å². The maximum atomic E-state index is 13.4. The minimum Gasteiger partial charge on any atom is -0.490 e. The summed E-state index contributed by atoms with van der Waals surface area (Å²) < 4.78 is 11.4. The van der Waals surface area contributed by atoms with E-state index in [0.29, 0.717) is 63.5 Å². The number of hydrogen-bond donors (Lipinski definition) is 1. The molecule has 2 amide bonds. The van der Waals surface area contributed by atoms with E-state index >= 15 is 0 Å². The summed E-state index contributed by atoms with van der Waals surface area (Å²) in [5, 5.41) is 2.97. The highest BCUT2D eigenvalue weighted by atomic mass is 16.5. The second kappa shape index (κ2) is 15.0. The Morgan fingerprint density at radius 1 is 0.882 bits per heavy atom. The molecule has 0 aromatic heterocycles. The van der Waals surface area contributed by atoms with Crippen molar-refractivity contribution in [1.29, 1.82) is 0 Å². The summed E-state index contributed by atoms with van der Waals surface area (Å²) in [6.45, 7) is 10.1. The monoisotopic (exact) mass is 468 g/mol. The van der Waals surface area contributed by atoms with E-state index in [-0.39, 0.29) is 11.8 Å². The molecule has 2 aromatic carbocycles. The van der Waals surface area contributed by atoms with Crippen LogP contribution in [0.1, 0.15) is 58.1 Å². The number of rotatable bonds is 15. The molecule has 0 aliphatic carbocycles. The van der Waals surface area contributed by atoms with Gasteiger partial charge in [-0.1, -0.05) is 50.2 Å². The molecule has 1 N–H and O–H groups in total. The van der Waals surface area contributed by atoms with Crippen molar-refractivity contribution in [2.24, 2.45) is 0 Å². The molecule has 186 valence electrons. The average molecular weight is 469 g/mol. The Bertz CT molecular complexity index is 885. The maximum Gasteiger partial charge on any atom is 0.242 e. The molecular weight excluding hydrogens is 428 g/mol. The Morgan fingerprint density at radius 2 is 1.59 bits per heavy atom. The van der Waals surface area contributed by atoms with Gasteiger partial charge < -0.3 is 19.7 Å². The topological polar surface area (TPSA) is 67.9 Å². The van der Waals surface area contributed by atoms with E-state index in [2.05, 4.69) is 17.4 Å². The summed E-state index contributed by atoms with van der Waals surface area (Å²) in [6, 6.07) is 15.4. The lowest BCUT2D eigenvalue weighted by Crippen LogP contribution is -2.50. The minimum atomic E-state index is -0.470. The molecule has 0 saturated carbocycles. The van der Waals surface area contributed by atoms with Gasteiger partial charge in [-0.2, -0.15) is 0 Å². The zero-order chi connectivity index (χ0) is 24.8. The fourth-order valence-electron chi connectivity index (χ4n) is 3.91. The Balaban J connectivity index is 2.14. The molecule has 0 saturated heterocycles. The van der Waals surface area contributed by atoms with Crippen molar-refractivity contribution in [3.05, 3.63) is 59.7 Å². The van der Waals surface area contributed by atoms with Crippen molar-refractivity contribution < 1.29 is 19.1 Å². The lowest BCUT2D eigenvalue weighted by atomic mass is 10.1. The number of amides is 2. The summed E-state index contributed by atoms with van der Waals surface area (Å²) in [5.41, 5.74) is 2.16. The lowest BCUT2D eigenvalue weighted by Gasteiger charge is -2.30. The number of nitrogens with zero attached hydrogens (tertiary/aromatic N) is 1. The molecule has 0 aliphatic rings. The number of hydrogen-bond acceptors (Lipinski definition) is 4. The van der Waals surface area contributed by atoms with Crippen LogP contribution in [0.4, 0.5) is 0 Å². The van der Waals surface area contributed by atoms with Gasteiger partial charge in [0.05, 0.1) is 13.2 Å². The molecule has 0 bridgehead atoms. The van der Waals surface area contributed by atoms with Crippen molar-refractivity contribution in [3.8, 4) is 11.5 Å². The third-order valence-corrected chi connectivity index (χ3v) is 5.65. The molecular formula is C28H40N2O4. The van der Waals surface area contributed by atoms with Gasteiger partial charge in [-0.3, -0.25) is 9.59 Å². The van der Waals surface area contributed by atoms with Crippen LogP contribution in [-0.4, -0.2) is 49.1 Å². The maximum absolute atomic E-state index is 13.4. The molecule has 1 atom stereocenters. The fraction of sp³-hybridized carbons (Fsp3) is 0.500. The summed E-state index contributed by atoms with van der Waals surface area (Å²) in [4.78, 5) is 28.0. The van der Waals surface area contributed by atoms with Crippen LogP contribution in [0.3, 0.4) is 0 Å². The van der Waals surface area contributed by atoms with E-state index < -0.39 is 6.04 Å². The third kappa shape index (κ3) is 8.40. The molecule has 0 spiro atoms. The Hall–Kier alpha value is -3.02. The quantitative estimate of drug-likeness (QED) is 0.408. The van der Waals surface area contributed by atoms with Crippen LogP contribution in [0.25, 0.3) is 0 Å². The molecule has 34 heavy (non-hydrogen) atoms. The number of aryl methyl sites for hydroxylation is 1. The van der Waals surface area contributed by atoms with Gasteiger partial charge in [0.2, 0.25) is 11.8 Å². The summed E-state index contributed by atoms with van der Waals surface area (Å²) in [7, 11) is 0. The Morgan fingerprint density at radius 3 is 2.24 bits per heavy atom. The average Bonchev–Trinajstić information content (AvgIpc) is 2.85. The van der Waals surface area contributed by atoms with Crippen LogP contribution in [0.5, 0.6) is 11.5 Å². The van der Waals surface area contributed by atoms with Gasteiger partial charge in [0, 0.05) is 19.5 Å². The van der Waals surface area contributed by atoms with E-state index in [9.17, 15) is 9.59 Å². The molecule has 0 aliphatic heterocycles. The highest BCUT2D eigenvalue weighted by Crippen LogP contribution is 2.29. The summed E-state index contributed by atoms with van der Waals surface area (Å²) in [5.74, 6) is 1.31. The van der Waals surface area contributed by atoms with Crippen LogP contribution in [0, 0.1) is 0 Å². The number of carbonyl (C=O) groups is 2. The van der Waals surface area contributed by atoms with Crippen molar-refractivity contribution in [2.45, 2.75) is 65.8 Å². The standard InChI is InChI=1S/C28H40N2O4/c1-5-19-29-28(32)24(6-2)30(20-18-22-12-10-9-11-13-22)27(31)17-15-23-14-16-25(33-7-3)26(21-23)34-8-4/h9-14,16,21,24H,5-8,15,17-20H2,1-4H3,(H,29,32). The van der Waals surface area contributed by atoms with Crippen LogP contribution in [-0.2, 0) is 22.4 Å². The molecule has 0 radical (unpaired) electrons. The summed E-state index contributed by atoms with van der Waals surface area (Å²) >= 11 is 0. The zero-order valence-electron chi connectivity index (χ0n) is 21.1.